The number of nitrogens with one attached hydrogen (secondary N) is 1. The molecule has 2 nitrogen and oxygen atoms in total. The fourth-order valence-corrected chi connectivity index (χ4v) is 1.65. The fourth-order valence-electron chi connectivity index (χ4n) is 1.65. The number of hydrogen-bond acceptors (Lipinski definition) is 2. The van der Waals surface area contributed by atoms with Gasteiger partial charge in [-0.1, -0.05) is 19.1 Å². The molecule has 0 saturated heterocycles. The molecule has 0 bridgehead atoms. The summed E-state index contributed by atoms with van der Waals surface area (Å²) in [5.74, 6) is -0.188. The number of hydrogen-bond donors (Lipinski definition) is 1. The molecular formula is C13H20FNO. The molecule has 1 N–H and O–H groups in total. The van der Waals surface area contributed by atoms with Gasteiger partial charge in [0.25, 0.3) is 0 Å². The largest absolute Gasteiger partial charge is 0.381 e. The lowest BCUT2D eigenvalue weighted by Gasteiger charge is -2.16. The van der Waals surface area contributed by atoms with E-state index >= 15 is 0 Å². The summed E-state index contributed by atoms with van der Waals surface area (Å²) in [6.07, 6.45) is 1.89. The molecular weight excluding hydrogens is 205 g/mol. The number of ether oxygens (including phenoxy) is 1. The van der Waals surface area contributed by atoms with Crippen molar-refractivity contribution in [2.75, 3.05) is 20.3 Å². The summed E-state index contributed by atoms with van der Waals surface area (Å²) in [5, 5.41) is 3.18. The molecule has 16 heavy (non-hydrogen) atoms. The van der Waals surface area contributed by atoms with Gasteiger partial charge in [-0.05, 0) is 37.6 Å². The van der Waals surface area contributed by atoms with Gasteiger partial charge in [-0.15, -0.1) is 0 Å². The number of halogens is 1. The highest BCUT2D eigenvalue weighted by molar-refractivity contribution is 5.19. The van der Waals surface area contributed by atoms with Crippen LogP contribution in [0.25, 0.3) is 0 Å². The lowest BCUT2D eigenvalue weighted by Crippen LogP contribution is -2.18. The first-order chi connectivity index (χ1) is 7.77. The minimum Gasteiger partial charge on any atom is -0.381 e. The molecule has 1 rings (SSSR count). The highest BCUT2D eigenvalue weighted by Gasteiger charge is 2.09. The molecule has 0 fully saturated rings. The molecule has 0 saturated carbocycles. The summed E-state index contributed by atoms with van der Waals surface area (Å²) in [4.78, 5) is 0. The van der Waals surface area contributed by atoms with Crippen molar-refractivity contribution in [3.8, 4) is 0 Å². The Labute approximate surface area is 96.8 Å². The Morgan fingerprint density at radius 1 is 1.38 bits per heavy atom. The van der Waals surface area contributed by atoms with Crippen molar-refractivity contribution in [3.63, 3.8) is 0 Å². The third-order valence-corrected chi connectivity index (χ3v) is 2.50. The Morgan fingerprint density at radius 3 is 2.81 bits per heavy atom. The number of benzene rings is 1. The zero-order chi connectivity index (χ0) is 11.8. The molecule has 0 aliphatic carbocycles. The second-order valence-electron chi connectivity index (χ2n) is 3.80. The monoisotopic (exact) mass is 225 g/mol. The van der Waals surface area contributed by atoms with E-state index in [0.717, 1.165) is 25.0 Å². The second kappa shape index (κ2) is 7.36. The predicted octanol–water partition coefficient (Wildman–Crippen LogP) is 2.90. The van der Waals surface area contributed by atoms with Crippen molar-refractivity contribution < 1.29 is 9.13 Å². The molecule has 1 aromatic rings. The van der Waals surface area contributed by atoms with Crippen LogP contribution < -0.4 is 5.32 Å². The molecule has 0 radical (unpaired) electrons. The predicted molar refractivity (Wildman–Crippen MR) is 63.9 cm³/mol. The van der Waals surface area contributed by atoms with Crippen molar-refractivity contribution >= 4 is 0 Å². The summed E-state index contributed by atoms with van der Waals surface area (Å²) >= 11 is 0. The van der Waals surface area contributed by atoms with Crippen LogP contribution in [0.2, 0.25) is 0 Å². The minimum atomic E-state index is -0.188. The van der Waals surface area contributed by atoms with Gasteiger partial charge in [-0.25, -0.2) is 4.39 Å². The van der Waals surface area contributed by atoms with E-state index in [1.54, 1.807) is 12.1 Å². The molecule has 90 valence electrons. The normalized spacial score (nSPS) is 12.7. The van der Waals surface area contributed by atoms with Crippen LogP contribution in [0, 0.1) is 5.82 Å². The smallest absolute Gasteiger partial charge is 0.123 e. The third-order valence-electron chi connectivity index (χ3n) is 2.50. The van der Waals surface area contributed by atoms with Crippen molar-refractivity contribution in [2.24, 2.45) is 0 Å². The molecule has 0 spiro atoms. The molecule has 1 unspecified atom stereocenters. The van der Waals surface area contributed by atoms with Gasteiger partial charge in [-0.2, -0.15) is 0 Å². The summed E-state index contributed by atoms with van der Waals surface area (Å²) in [5.41, 5.74) is 0.975. The van der Waals surface area contributed by atoms with E-state index in [1.807, 2.05) is 13.1 Å². The van der Waals surface area contributed by atoms with Crippen molar-refractivity contribution in [1.82, 2.24) is 5.32 Å². The van der Waals surface area contributed by atoms with Crippen LogP contribution in [-0.4, -0.2) is 20.3 Å². The zero-order valence-electron chi connectivity index (χ0n) is 10.0. The molecule has 0 aliphatic heterocycles. The Balaban J connectivity index is 2.47. The van der Waals surface area contributed by atoms with Gasteiger partial charge in [0, 0.05) is 19.3 Å². The molecule has 0 aliphatic rings. The van der Waals surface area contributed by atoms with E-state index in [9.17, 15) is 4.39 Å². The zero-order valence-corrected chi connectivity index (χ0v) is 10.0. The van der Waals surface area contributed by atoms with Gasteiger partial charge < -0.3 is 10.1 Å². The van der Waals surface area contributed by atoms with Crippen LogP contribution in [0.5, 0.6) is 0 Å². The van der Waals surface area contributed by atoms with Crippen molar-refractivity contribution in [1.29, 1.82) is 0 Å². The maximum Gasteiger partial charge on any atom is 0.123 e. The average Bonchev–Trinajstić information content (AvgIpc) is 2.29. The Hall–Kier alpha value is -0.930. The van der Waals surface area contributed by atoms with Crippen LogP contribution in [0.4, 0.5) is 4.39 Å². The molecule has 0 amide bonds. The highest BCUT2D eigenvalue weighted by Crippen LogP contribution is 2.17. The first-order valence-electron chi connectivity index (χ1n) is 5.78. The summed E-state index contributed by atoms with van der Waals surface area (Å²) in [6, 6.07) is 6.86. The van der Waals surface area contributed by atoms with Gasteiger partial charge >= 0.3 is 0 Å². The molecule has 1 aromatic carbocycles. The van der Waals surface area contributed by atoms with E-state index in [4.69, 9.17) is 4.74 Å². The first-order valence-corrected chi connectivity index (χ1v) is 5.78. The lowest BCUT2D eigenvalue weighted by molar-refractivity contribution is 0.125. The van der Waals surface area contributed by atoms with E-state index in [0.29, 0.717) is 6.61 Å². The summed E-state index contributed by atoms with van der Waals surface area (Å²) < 4.78 is 18.5. The average molecular weight is 225 g/mol. The second-order valence-corrected chi connectivity index (χ2v) is 3.80. The topological polar surface area (TPSA) is 21.3 Å². The third kappa shape index (κ3) is 4.29. The van der Waals surface area contributed by atoms with Crippen LogP contribution in [0.1, 0.15) is 31.4 Å². The quantitative estimate of drug-likeness (QED) is 0.720. The SMILES string of the molecule is CCCOCCC(NC)c1cccc(F)c1. The summed E-state index contributed by atoms with van der Waals surface area (Å²) in [6.45, 7) is 3.58. The van der Waals surface area contributed by atoms with Crippen molar-refractivity contribution in [2.45, 2.75) is 25.8 Å². The Morgan fingerprint density at radius 2 is 2.19 bits per heavy atom. The van der Waals surface area contributed by atoms with Crippen LogP contribution >= 0.6 is 0 Å². The maximum absolute atomic E-state index is 13.0. The summed E-state index contributed by atoms with van der Waals surface area (Å²) in [7, 11) is 1.88. The Kier molecular flexibility index (Phi) is 6.04. The van der Waals surface area contributed by atoms with Gasteiger partial charge in [-0.3, -0.25) is 0 Å². The van der Waals surface area contributed by atoms with Crippen molar-refractivity contribution in [3.05, 3.63) is 35.6 Å². The van der Waals surface area contributed by atoms with E-state index in [-0.39, 0.29) is 11.9 Å². The van der Waals surface area contributed by atoms with Crippen LogP contribution in [0.3, 0.4) is 0 Å². The lowest BCUT2D eigenvalue weighted by atomic mass is 10.0. The first kappa shape index (κ1) is 13.1. The highest BCUT2D eigenvalue weighted by atomic mass is 19.1. The van der Waals surface area contributed by atoms with E-state index in [2.05, 4.69) is 12.2 Å². The van der Waals surface area contributed by atoms with Gasteiger partial charge in [0.1, 0.15) is 5.82 Å². The molecule has 0 heterocycles. The molecule has 1 atom stereocenters. The van der Waals surface area contributed by atoms with E-state index in [1.165, 1.54) is 6.07 Å². The Bertz CT molecular complexity index is 304. The minimum absolute atomic E-state index is 0.160. The van der Waals surface area contributed by atoms with E-state index < -0.39 is 0 Å². The standard InChI is InChI=1S/C13H20FNO/c1-3-8-16-9-7-13(15-2)11-5-4-6-12(14)10-11/h4-6,10,13,15H,3,7-9H2,1-2H3. The van der Waals surface area contributed by atoms with Crippen LogP contribution in [0.15, 0.2) is 24.3 Å². The number of rotatable bonds is 7. The fraction of sp³-hybridized carbons (Fsp3) is 0.538. The van der Waals surface area contributed by atoms with Gasteiger partial charge in [0.15, 0.2) is 0 Å². The van der Waals surface area contributed by atoms with Gasteiger partial charge in [0.2, 0.25) is 0 Å². The maximum atomic E-state index is 13.0. The van der Waals surface area contributed by atoms with Gasteiger partial charge in [0.05, 0.1) is 0 Å². The molecule has 3 heteroatoms. The van der Waals surface area contributed by atoms with Crippen LogP contribution in [-0.2, 0) is 4.74 Å². The molecule has 0 aromatic heterocycles.